The minimum atomic E-state index is -3.48. The van der Waals surface area contributed by atoms with Gasteiger partial charge in [0.15, 0.2) is 0 Å². The molecule has 2 aromatic rings. The van der Waals surface area contributed by atoms with E-state index in [1.54, 1.807) is 0 Å². The minimum absolute atomic E-state index is 0.339. The van der Waals surface area contributed by atoms with Crippen LogP contribution in [0.1, 0.15) is 47.9 Å². The predicted molar refractivity (Wildman–Crippen MR) is 114 cm³/mol. The topological polar surface area (TPSA) is 49.4 Å². The summed E-state index contributed by atoms with van der Waals surface area (Å²) in [4.78, 5) is 2.96. The maximum Gasteiger partial charge on any atom is 0.237 e. The fourth-order valence-corrected chi connectivity index (χ4v) is 5.31. The van der Waals surface area contributed by atoms with Crippen molar-refractivity contribution >= 4 is 16.1 Å². The highest BCUT2D eigenvalue weighted by atomic mass is 32.2. The van der Waals surface area contributed by atoms with E-state index in [1.165, 1.54) is 30.4 Å². The Labute approximate surface area is 168 Å². The summed E-state index contributed by atoms with van der Waals surface area (Å²) in [6, 6.07) is 16.2. The smallest absolute Gasteiger partial charge is 0.237 e. The SMILES string of the molecule is O=S(=O)(NCc1ccccc1CN1CCCCC1)C1=Cc2ccccc2CC1. The summed E-state index contributed by atoms with van der Waals surface area (Å²) in [6.45, 7) is 3.50. The van der Waals surface area contributed by atoms with E-state index in [1.807, 2.05) is 42.5 Å². The van der Waals surface area contributed by atoms with Gasteiger partial charge in [-0.1, -0.05) is 55.0 Å². The number of sulfonamides is 1. The second kappa shape index (κ2) is 8.60. The number of hydrogen-bond donors (Lipinski definition) is 1. The fraction of sp³-hybridized carbons (Fsp3) is 0.391. The summed E-state index contributed by atoms with van der Waals surface area (Å²) in [5.41, 5.74) is 4.51. The van der Waals surface area contributed by atoms with Crippen molar-refractivity contribution < 1.29 is 8.42 Å². The minimum Gasteiger partial charge on any atom is -0.299 e. The Morgan fingerprint density at radius 2 is 1.57 bits per heavy atom. The standard InChI is InChI=1S/C23H28N2O2S/c26-28(27,23-13-12-19-8-2-3-9-20(19)16-23)24-17-21-10-4-5-11-22(21)18-25-14-6-1-7-15-25/h2-5,8-11,16,24H,1,6-7,12-15,17-18H2. The van der Waals surface area contributed by atoms with Crippen molar-refractivity contribution in [3.63, 3.8) is 0 Å². The molecule has 0 unspecified atom stereocenters. The van der Waals surface area contributed by atoms with Gasteiger partial charge in [-0.05, 0) is 67.1 Å². The van der Waals surface area contributed by atoms with Crippen molar-refractivity contribution in [1.82, 2.24) is 9.62 Å². The van der Waals surface area contributed by atoms with Gasteiger partial charge in [-0.2, -0.15) is 0 Å². The highest BCUT2D eigenvalue weighted by Crippen LogP contribution is 2.26. The van der Waals surface area contributed by atoms with Crippen molar-refractivity contribution in [2.75, 3.05) is 13.1 Å². The van der Waals surface area contributed by atoms with Crippen LogP contribution in [0.5, 0.6) is 0 Å². The Morgan fingerprint density at radius 1 is 0.857 bits per heavy atom. The third kappa shape index (κ3) is 4.54. The molecule has 0 atom stereocenters. The van der Waals surface area contributed by atoms with Gasteiger partial charge in [-0.15, -0.1) is 0 Å². The first-order chi connectivity index (χ1) is 13.6. The molecule has 28 heavy (non-hydrogen) atoms. The summed E-state index contributed by atoms with van der Waals surface area (Å²) < 4.78 is 28.6. The number of aryl methyl sites for hydroxylation is 1. The molecule has 1 N–H and O–H groups in total. The number of rotatable bonds is 6. The van der Waals surface area contributed by atoms with Gasteiger partial charge in [0.05, 0.1) is 4.91 Å². The van der Waals surface area contributed by atoms with Crippen molar-refractivity contribution in [2.24, 2.45) is 0 Å². The maximum absolute atomic E-state index is 12.9. The van der Waals surface area contributed by atoms with Gasteiger partial charge < -0.3 is 0 Å². The average Bonchev–Trinajstić information content (AvgIpc) is 2.73. The van der Waals surface area contributed by atoms with Crippen molar-refractivity contribution in [2.45, 2.75) is 45.2 Å². The van der Waals surface area contributed by atoms with E-state index in [4.69, 9.17) is 0 Å². The van der Waals surface area contributed by atoms with Crippen molar-refractivity contribution in [1.29, 1.82) is 0 Å². The van der Waals surface area contributed by atoms with E-state index in [9.17, 15) is 8.42 Å². The molecule has 4 rings (SSSR count). The molecule has 0 bridgehead atoms. The molecule has 148 valence electrons. The molecule has 1 aliphatic carbocycles. The lowest BCUT2D eigenvalue weighted by Crippen LogP contribution is -2.30. The first-order valence-corrected chi connectivity index (χ1v) is 11.7. The number of likely N-dealkylation sites (tertiary alicyclic amines) is 1. The third-order valence-electron chi connectivity index (χ3n) is 5.77. The van der Waals surface area contributed by atoms with Gasteiger partial charge >= 0.3 is 0 Å². The van der Waals surface area contributed by atoms with Crippen LogP contribution in [0.15, 0.2) is 53.4 Å². The van der Waals surface area contributed by atoms with Crippen LogP contribution in [-0.2, 0) is 29.5 Å². The Kier molecular flexibility index (Phi) is 5.95. The fourth-order valence-electron chi connectivity index (χ4n) is 4.13. The number of benzene rings is 2. The Balaban J connectivity index is 1.46. The third-order valence-corrected chi connectivity index (χ3v) is 7.31. The van der Waals surface area contributed by atoms with Gasteiger partial charge in [0.25, 0.3) is 0 Å². The summed E-state index contributed by atoms with van der Waals surface area (Å²) in [5, 5.41) is 0. The molecule has 1 aliphatic heterocycles. The van der Waals surface area contributed by atoms with E-state index in [2.05, 4.69) is 21.8 Å². The van der Waals surface area contributed by atoms with Gasteiger partial charge in [0.2, 0.25) is 10.0 Å². The summed E-state index contributed by atoms with van der Waals surface area (Å²) >= 11 is 0. The molecule has 1 saturated heterocycles. The molecule has 4 nitrogen and oxygen atoms in total. The van der Waals surface area contributed by atoms with E-state index < -0.39 is 10.0 Å². The molecule has 0 spiro atoms. The quantitative estimate of drug-likeness (QED) is 0.800. The molecule has 0 aromatic heterocycles. The number of nitrogens with zero attached hydrogens (tertiary/aromatic N) is 1. The number of fused-ring (bicyclic) bond motifs is 1. The number of nitrogens with one attached hydrogen (secondary N) is 1. The summed E-state index contributed by atoms with van der Waals surface area (Å²) in [6.07, 6.45) is 6.97. The van der Waals surface area contributed by atoms with Crippen molar-refractivity contribution in [3.8, 4) is 0 Å². The maximum atomic E-state index is 12.9. The van der Waals surface area contributed by atoms with E-state index in [0.717, 1.165) is 37.2 Å². The normalized spacial score (nSPS) is 17.8. The summed E-state index contributed by atoms with van der Waals surface area (Å²) in [5.74, 6) is 0. The molecular formula is C23H28N2O2S. The second-order valence-electron chi connectivity index (χ2n) is 7.74. The zero-order valence-electron chi connectivity index (χ0n) is 16.2. The van der Waals surface area contributed by atoms with Crippen LogP contribution in [0.3, 0.4) is 0 Å². The number of allylic oxidation sites excluding steroid dienone is 1. The van der Waals surface area contributed by atoms with Gasteiger partial charge in [0, 0.05) is 13.1 Å². The Bertz CT molecular complexity index is 960. The highest BCUT2D eigenvalue weighted by molar-refractivity contribution is 7.93. The number of piperidine rings is 1. The van der Waals surface area contributed by atoms with Crippen molar-refractivity contribution in [3.05, 3.63) is 75.7 Å². The van der Waals surface area contributed by atoms with Crippen LogP contribution >= 0.6 is 0 Å². The van der Waals surface area contributed by atoms with E-state index >= 15 is 0 Å². The molecule has 0 radical (unpaired) electrons. The highest BCUT2D eigenvalue weighted by Gasteiger charge is 2.22. The monoisotopic (exact) mass is 396 g/mol. The zero-order valence-corrected chi connectivity index (χ0v) is 17.0. The predicted octanol–water partition coefficient (Wildman–Crippen LogP) is 4.08. The molecular weight excluding hydrogens is 368 g/mol. The molecule has 1 fully saturated rings. The molecule has 5 heteroatoms. The van der Waals surface area contributed by atoms with Crippen LogP contribution < -0.4 is 4.72 Å². The second-order valence-corrected chi connectivity index (χ2v) is 9.56. The largest absolute Gasteiger partial charge is 0.299 e. The Morgan fingerprint density at radius 3 is 2.39 bits per heavy atom. The lowest BCUT2D eigenvalue weighted by molar-refractivity contribution is 0.220. The lowest BCUT2D eigenvalue weighted by atomic mass is 9.98. The van der Waals surface area contributed by atoms with Crippen LogP contribution in [0.2, 0.25) is 0 Å². The van der Waals surface area contributed by atoms with Crippen LogP contribution in [0, 0.1) is 0 Å². The first kappa shape index (κ1) is 19.4. The molecule has 0 amide bonds. The Hall–Kier alpha value is -1.95. The zero-order chi connectivity index (χ0) is 19.4. The summed E-state index contributed by atoms with van der Waals surface area (Å²) in [7, 11) is -3.48. The molecule has 2 aliphatic rings. The molecule has 2 aromatic carbocycles. The van der Waals surface area contributed by atoms with Crippen LogP contribution in [0.4, 0.5) is 0 Å². The molecule has 0 saturated carbocycles. The van der Waals surface area contributed by atoms with Gasteiger partial charge in [0.1, 0.15) is 0 Å². The molecule has 1 heterocycles. The lowest BCUT2D eigenvalue weighted by Gasteiger charge is -2.27. The van der Waals surface area contributed by atoms with E-state index in [-0.39, 0.29) is 0 Å². The average molecular weight is 397 g/mol. The van der Waals surface area contributed by atoms with Gasteiger partial charge in [-0.3, -0.25) is 4.90 Å². The van der Waals surface area contributed by atoms with Crippen LogP contribution in [-0.4, -0.2) is 26.4 Å². The first-order valence-electron chi connectivity index (χ1n) is 10.2. The number of hydrogen-bond acceptors (Lipinski definition) is 3. The van der Waals surface area contributed by atoms with Crippen LogP contribution in [0.25, 0.3) is 6.08 Å². The van der Waals surface area contributed by atoms with E-state index in [0.29, 0.717) is 17.9 Å². The van der Waals surface area contributed by atoms with Gasteiger partial charge in [-0.25, -0.2) is 13.1 Å².